The van der Waals surface area contributed by atoms with Crippen LogP contribution in [0.2, 0.25) is 5.15 Å². The number of aliphatic hydroxyl groups is 3. The second-order valence-electron chi connectivity index (χ2n) is 6.92. The third-order valence-electron chi connectivity index (χ3n) is 5.01. The average molecular weight is 416 g/mol. The van der Waals surface area contributed by atoms with Gasteiger partial charge in [-0.15, -0.1) is 0 Å². The zero-order chi connectivity index (χ0) is 20.2. The number of halogens is 3. The summed E-state index contributed by atoms with van der Waals surface area (Å²) in [5.74, 6) is -2.75. The average Bonchev–Trinajstić information content (AvgIpc) is 3.15. The van der Waals surface area contributed by atoms with Crippen molar-refractivity contribution in [1.82, 2.24) is 14.5 Å². The van der Waals surface area contributed by atoms with Gasteiger partial charge >= 0.3 is 0 Å². The predicted molar refractivity (Wildman–Crippen MR) is 91.9 cm³/mol. The van der Waals surface area contributed by atoms with Gasteiger partial charge in [-0.1, -0.05) is 11.6 Å². The minimum atomic E-state index is -2.75. The van der Waals surface area contributed by atoms with Crippen LogP contribution in [0.5, 0.6) is 0 Å². The summed E-state index contributed by atoms with van der Waals surface area (Å²) in [5.41, 5.74) is 0.459. The van der Waals surface area contributed by atoms with Crippen molar-refractivity contribution in [2.75, 3.05) is 11.9 Å². The number of hydrogen-bond donors (Lipinski definition) is 4. The van der Waals surface area contributed by atoms with Crippen LogP contribution in [0.15, 0.2) is 6.33 Å². The molecule has 4 atom stereocenters. The molecular weight excluding hydrogens is 400 g/mol. The van der Waals surface area contributed by atoms with Crippen LogP contribution in [0.1, 0.15) is 24.6 Å². The number of alkyl halides is 2. The summed E-state index contributed by atoms with van der Waals surface area (Å²) in [7, 11) is 0. The van der Waals surface area contributed by atoms with Crippen LogP contribution in [-0.4, -0.2) is 66.7 Å². The largest absolute Gasteiger partial charge is 0.394 e. The summed E-state index contributed by atoms with van der Waals surface area (Å²) in [4.78, 5) is 8.30. The lowest BCUT2D eigenvalue weighted by Crippen LogP contribution is -2.44. The fourth-order valence-corrected chi connectivity index (χ4v) is 3.73. The number of rotatable bonds is 4. The minimum absolute atomic E-state index is 0.0317. The van der Waals surface area contributed by atoms with Crippen LogP contribution in [0.25, 0.3) is 11.2 Å². The number of anilines is 1. The van der Waals surface area contributed by atoms with E-state index in [2.05, 4.69) is 15.3 Å². The SMILES string of the molecule is N#Cc1c(Cl)nc2c(ncn2[C@@H]2O[C@H](CO)[C@@H](O)[C@H]2O)c1NC1CC(F)(F)C1. The van der Waals surface area contributed by atoms with Gasteiger partial charge in [0.15, 0.2) is 17.0 Å². The molecule has 2 fully saturated rings. The number of nitrogens with zero attached hydrogens (tertiary/aromatic N) is 4. The second-order valence-corrected chi connectivity index (χ2v) is 7.28. The van der Waals surface area contributed by atoms with Crippen molar-refractivity contribution in [2.24, 2.45) is 0 Å². The van der Waals surface area contributed by atoms with E-state index in [0.717, 1.165) is 0 Å². The molecule has 0 aromatic carbocycles. The number of ether oxygens (including phenoxy) is 1. The van der Waals surface area contributed by atoms with Crippen molar-refractivity contribution in [1.29, 1.82) is 5.26 Å². The van der Waals surface area contributed by atoms with E-state index in [1.54, 1.807) is 0 Å². The van der Waals surface area contributed by atoms with Gasteiger partial charge in [0, 0.05) is 18.9 Å². The molecule has 0 unspecified atom stereocenters. The van der Waals surface area contributed by atoms with Gasteiger partial charge in [-0.3, -0.25) is 4.57 Å². The number of nitrogens with one attached hydrogen (secondary N) is 1. The van der Waals surface area contributed by atoms with Gasteiger partial charge in [0.05, 0.1) is 18.6 Å². The number of imidazole rings is 1. The van der Waals surface area contributed by atoms with E-state index in [0.29, 0.717) is 0 Å². The number of aliphatic hydroxyl groups excluding tert-OH is 3. The molecule has 2 aromatic rings. The molecule has 3 heterocycles. The zero-order valence-electron chi connectivity index (χ0n) is 14.3. The number of fused-ring (bicyclic) bond motifs is 1. The van der Waals surface area contributed by atoms with E-state index in [-0.39, 0.29) is 40.4 Å². The molecule has 1 aliphatic heterocycles. The van der Waals surface area contributed by atoms with Crippen molar-refractivity contribution >= 4 is 28.5 Å². The highest BCUT2D eigenvalue weighted by Gasteiger charge is 2.46. The van der Waals surface area contributed by atoms with Crippen LogP contribution in [0.4, 0.5) is 14.5 Å². The molecule has 4 N–H and O–H groups in total. The summed E-state index contributed by atoms with van der Waals surface area (Å²) in [6.45, 7) is -0.503. The van der Waals surface area contributed by atoms with E-state index in [1.807, 2.05) is 6.07 Å². The Hall–Kier alpha value is -2.10. The van der Waals surface area contributed by atoms with Gasteiger partial charge in [-0.2, -0.15) is 5.26 Å². The van der Waals surface area contributed by atoms with Gasteiger partial charge in [-0.05, 0) is 0 Å². The molecule has 1 saturated carbocycles. The standard InChI is InChI=1S/C16H16ClF2N5O4/c17-13-7(3-20)9(22-6-1-16(18,19)2-6)10-14(23-13)24(5-21-10)15-12(27)11(26)8(4-25)28-15/h5-6,8,11-12,15,25-27H,1-2,4H2,(H,22,23)/t8-,11-,12-,15-/m1/s1. The van der Waals surface area contributed by atoms with Gasteiger partial charge in [0.25, 0.3) is 5.92 Å². The first-order chi connectivity index (χ1) is 13.3. The monoisotopic (exact) mass is 415 g/mol. The Labute approximate surface area is 162 Å². The molecule has 28 heavy (non-hydrogen) atoms. The summed E-state index contributed by atoms with van der Waals surface area (Å²) < 4.78 is 33.1. The Morgan fingerprint density at radius 3 is 2.68 bits per heavy atom. The molecule has 2 aromatic heterocycles. The Kier molecular flexibility index (Phi) is 4.64. The molecule has 0 bridgehead atoms. The van der Waals surface area contributed by atoms with Crippen LogP contribution >= 0.6 is 11.6 Å². The number of hydrogen-bond acceptors (Lipinski definition) is 8. The highest BCUT2D eigenvalue weighted by Crippen LogP contribution is 2.41. The normalized spacial score (nSPS) is 29.6. The molecule has 0 amide bonds. The molecular formula is C16H16ClF2N5O4. The van der Waals surface area contributed by atoms with Gasteiger partial charge in [-0.25, -0.2) is 18.7 Å². The van der Waals surface area contributed by atoms with E-state index >= 15 is 0 Å². The van der Waals surface area contributed by atoms with Gasteiger partial charge < -0.3 is 25.4 Å². The van der Waals surface area contributed by atoms with Crippen molar-refractivity contribution in [3.05, 3.63) is 17.0 Å². The molecule has 0 radical (unpaired) electrons. The van der Waals surface area contributed by atoms with Crippen molar-refractivity contribution in [3.8, 4) is 6.07 Å². The van der Waals surface area contributed by atoms with Crippen molar-refractivity contribution in [3.63, 3.8) is 0 Å². The first-order valence-electron chi connectivity index (χ1n) is 8.48. The highest BCUT2D eigenvalue weighted by atomic mass is 35.5. The van der Waals surface area contributed by atoms with Crippen LogP contribution in [-0.2, 0) is 4.74 Å². The number of pyridine rings is 1. The van der Waals surface area contributed by atoms with Crippen LogP contribution in [0.3, 0.4) is 0 Å². The first kappa shape index (κ1) is 19.2. The maximum Gasteiger partial charge on any atom is 0.252 e. The lowest BCUT2D eigenvalue weighted by Gasteiger charge is -2.36. The Bertz CT molecular complexity index is 957. The number of aromatic nitrogens is 3. The molecule has 9 nitrogen and oxygen atoms in total. The smallest absolute Gasteiger partial charge is 0.252 e. The predicted octanol–water partition coefficient (Wildman–Crippen LogP) is 0.777. The Morgan fingerprint density at radius 1 is 1.39 bits per heavy atom. The third kappa shape index (κ3) is 2.98. The number of nitriles is 1. The van der Waals surface area contributed by atoms with E-state index in [4.69, 9.17) is 16.3 Å². The fourth-order valence-electron chi connectivity index (χ4n) is 3.52. The second kappa shape index (κ2) is 6.75. The zero-order valence-corrected chi connectivity index (χ0v) is 15.0. The van der Waals surface area contributed by atoms with E-state index in [9.17, 15) is 29.4 Å². The summed E-state index contributed by atoms with van der Waals surface area (Å²) >= 11 is 6.11. The topological polar surface area (TPSA) is 136 Å². The summed E-state index contributed by atoms with van der Waals surface area (Å²) in [6.07, 6.45) is -4.28. The van der Waals surface area contributed by atoms with Crippen LogP contribution < -0.4 is 5.32 Å². The van der Waals surface area contributed by atoms with Crippen molar-refractivity contribution < 1.29 is 28.8 Å². The van der Waals surface area contributed by atoms with E-state index < -0.39 is 43.1 Å². The maximum absolute atomic E-state index is 13.2. The van der Waals surface area contributed by atoms with Crippen LogP contribution in [0, 0.1) is 11.3 Å². The molecule has 12 heteroatoms. The fraction of sp³-hybridized carbons (Fsp3) is 0.562. The molecule has 1 aliphatic carbocycles. The molecule has 2 aliphatic rings. The van der Waals surface area contributed by atoms with E-state index in [1.165, 1.54) is 10.9 Å². The Balaban J connectivity index is 1.75. The summed E-state index contributed by atoms with van der Waals surface area (Å²) in [5, 5.41) is 41.6. The molecule has 0 spiro atoms. The third-order valence-corrected chi connectivity index (χ3v) is 5.28. The quantitative estimate of drug-likeness (QED) is 0.538. The van der Waals surface area contributed by atoms with Crippen molar-refractivity contribution in [2.45, 2.75) is 49.3 Å². The maximum atomic E-state index is 13.2. The summed E-state index contributed by atoms with van der Waals surface area (Å²) in [6, 6.07) is 1.34. The first-order valence-corrected chi connectivity index (χ1v) is 8.86. The molecule has 1 saturated heterocycles. The molecule has 4 rings (SSSR count). The van der Waals surface area contributed by atoms with Gasteiger partial charge in [0.1, 0.15) is 35.5 Å². The Morgan fingerprint density at radius 2 is 2.11 bits per heavy atom. The lowest BCUT2D eigenvalue weighted by molar-refractivity contribution is -0.0793. The highest BCUT2D eigenvalue weighted by molar-refractivity contribution is 6.31. The molecule has 150 valence electrons. The van der Waals surface area contributed by atoms with Gasteiger partial charge in [0.2, 0.25) is 0 Å². The minimum Gasteiger partial charge on any atom is -0.394 e. The lowest BCUT2D eigenvalue weighted by atomic mass is 9.88.